The Kier molecular flexibility index (Phi) is 6.27. The van der Waals surface area contributed by atoms with Crippen LogP contribution < -0.4 is 5.32 Å². The summed E-state index contributed by atoms with van der Waals surface area (Å²) in [5, 5.41) is 12.5. The van der Waals surface area contributed by atoms with E-state index in [1.807, 2.05) is 48.5 Å². The standard InChI is InChI=1S/C21H22ClN3O/c22-19-7-3-17(4-8-19)14-25-13-1-2-18(15-25)21(26)24-20-9-5-16(6-10-20)11-12-23/h3-10,18H,1-2,11,13-15H2,(H,24,26)/t18-/m0/s1. The maximum absolute atomic E-state index is 12.6. The van der Waals surface area contributed by atoms with Gasteiger partial charge in [0.25, 0.3) is 0 Å². The Morgan fingerprint density at radius 3 is 2.54 bits per heavy atom. The second kappa shape index (κ2) is 8.84. The van der Waals surface area contributed by atoms with Crippen molar-refractivity contribution in [3.8, 4) is 6.07 Å². The first-order valence-electron chi connectivity index (χ1n) is 8.87. The van der Waals surface area contributed by atoms with Crippen molar-refractivity contribution in [1.82, 2.24) is 4.90 Å². The van der Waals surface area contributed by atoms with Crippen molar-refractivity contribution in [3.63, 3.8) is 0 Å². The lowest BCUT2D eigenvalue weighted by molar-refractivity contribution is -0.121. The monoisotopic (exact) mass is 367 g/mol. The summed E-state index contributed by atoms with van der Waals surface area (Å²) in [5.74, 6) is 0.0636. The zero-order chi connectivity index (χ0) is 18.4. The largest absolute Gasteiger partial charge is 0.326 e. The molecule has 0 radical (unpaired) electrons. The second-order valence-electron chi connectivity index (χ2n) is 6.72. The van der Waals surface area contributed by atoms with E-state index in [2.05, 4.69) is 16.3 Å². The van der Waals surface area contributed by atoms with Gasteiger partial charge in [0.1, 0.15) is 0 Å². The van der Waals surface area contributed by atoms with Crippen molar-refractivity contribution in [3.05, 3.63) is 64.7 Å². The minimum absolute atomic E-state index is 0.00478. The van der Waals surface area contributed by atoms with Crippen molar-refractivity contribution in [2.75, 3.05) is 18.4 Å². The molecule has 26 heavy (non-hydrogen) atoms. The summed E-state index contributed by atoms with van der Waals surface area (Å²) in [7, 11) is 0. The lowest BCUT2D eigenvalue weighted by Gasteiger charge is -2.32. The van der Waals surface area contributed by atoms with E-state index in [4.69, 9.17) is 16.9 Å². The highest BCUT2D eigenvalue weighted by molar-refractivity contribution is 6.30. The maximum atomic E-state index is 12.6. The van der Waals surface area contributed by atoms with Crippen LogP contribution >= 0.6 is 11.6 Å². The number of nitrogens with one attached hydrogen (secondary N) is 1. The number of carbonyl (C=O) groups is 1. The van der Waals surface area contributed by atoms with Gasteiger partial charge in [-0.05, 0) is 54.8 Å². The Morgan fingerprint density at radius 2 is 1.85 bits per heavy atom. The summed E-state index contributed by atoms with van der Waals surface area (Å²) in [4.78, 5) is 14.9. The Morgan fingerprint density at radius 1 is 1.15 bits per heavy atom. The van der Waals surface area contributed by atoms with Gasteiger partial charge in [0, 0.05) is 23.8 Å². The van der Waals surface area contributed by atoms with Gasteiger partial charge in [-0.25, -0.2) is 0 Å². The number of piperidine rings is 1. The third kappa shape index (κ3) is 5.08. The van der Waals surface area contributed by atoms with Gasteiger partial charge in [0.05, 0.1) is 18.4 Å². The molecule has 0 aromatic heterocycles. The van der Waals surface area contributed by atoms with Crippen molar-refractivity contribution < 1.29 is 4.79 Å². The molecule has 1 heterocycles. The Hall–Kier alpha value is -2.35. The van der Waals surface area contributed by atoms with Crippen molar-refractivity contribution in [1.29, 1.82) is 5.26 Å². The van der Waals surface area contributed by atoms with Crippen LogP contribution in [0.1, 0.15) is 24.0 Å². The Balaban J connectivity index is 1.55. The molecule has 1 saturated heterocycles. The molecule has 1 aliphatic heterocycles. The molecule has 1 amide bonds. The highest BCUT2D eigenvalue weighted by Gasteiger charge is 2.25. The number of carbonyl (C=O) groups excluding carboxylic acids is 1. The number of benzene rings is 2. The maximum Gasteiger partial charge on any atom is 0.228 e. The van der Waals surface area contributed by atoms with Gasteiger partial charge < -0.3 is 5.32 Å². The summed E-state index contributed by atoms with van der Waals surface area (Å²) >= 11 is 5.94. The summed E-state index contributed by atoms with van der Waals surface area (Å²) in [5.41, 5.74) is 2.95. The SMILES string of the molecule is N#CCc1ccc(NC(=O)[C@H]2CCCN(Cc3ccc(Cl)cc3)C2)cc1. The molecule has 134 valence electrons. The van der Waals surface area contributed by atoms with E-state index in [9.17, 15) is 4.79 Å². The third-order valence-corrected chi connectivity index (χ3v) is 4.95. The normalized spacial score (nSPS) is 17.5. The molecule has 1 fully saturated rings. The quantitative estimate of drug-likeness (QED) is 0.859. The predicted molar refractivity (Wildman–Crippen MR) is 104 cm³/mol. The zero-order valence-electron chi connectivity index (χ0n) is 14.6. The molecule has 4 nitrogen and oxygen atoms in total. The van der Waals surface area contributed by atoms with Crippen LogP contribution in [0, 0.1) is 17.2 Å². The lowest BCUT2D eigenvalue weighted by atomic mass is 9.96. The van der Waals surface area contributed by atoms with Crippen LogP contribution in [0.4, 0.5) is 5.69 Å². The van der Waals surface area contributed by atoms with E-state index in [1.165, 1.54) is 5.56 Å². The molecule has 1 aliphatic rings. The van der Waals surface area contributed by atoms with Crippen LogP contribution in [0.3, 0.4) is 0 Å². The topological polar surface area (TPSA) is 56.1 Å². The average Bonchev–Trinajstić information content (AvgIpc) is 2.66. The molecule has 1 atom stereocenters. The minimum Gasteiger partial charge on any atom is -0.326 e. The van der Waals surface area contributed by atoms with Crippen LogP contribution in [0.2, 0.25) is 5.02 Å². The van der Waals surface area contributed by atoms with Gasteiger partial charge in [-0.3, -0.25) is 9.69 Å². The average molecular weight is 368 g/mol. The molecule has 3 rings (SSSR count). The van der Waals surface area contributed by atoms with Gasteiger partial charge in [-0.1, -0.05) is 35.9 Å². The van der Waals surface area contributed by atoms with E-state index in [-0.39, 0.29) is 11.8 Å². The molecule has 0 saturated carbocycles. The number of nitrogens with zero attached hydrogens (tertiary/aromatic N) is 2. The first-order valence-corrected chi connectivity index (χ1v) is 9.25. The van der Waals surface area contributed by atoms with E-state index >= 15 is 0 Å². The van der Waals surface area contributed by atoms with Crippen LogP contribution in [0.5, 0.6) is 0 Å². The fraction of sp³-hybridized carbons (Fsp3) is 0.333. The summed E-state index contributed by atoms with van der Waals surface area (Å²) in [6.07, 6.45) is 2.32. The van der Waals surface area contributed by atoms with E-state index in [0.717, 1.165) is 48.7 Å². The van der Waals surface area contributed by atoms with Crippen LogP contribution in [-0.2, 0) is 17.8 Å². The van der Waals surface area contributed by atoms with E-state index in [0.29, 0.717) is 6.42 Å². The smallest absolute Gasteiger partial charge is 0.228 e. The molecule has 0 aliphatic carbocycles. The van der Waals surface area contributed by atoms with Gasteiger partial charge >= 0.3 is 0 Å². The van der Waals surface area contributed by atoms with Gasteiger partial charge in [-0.15, -0.1) is 0 Å². The molecule has 2 aromatic rings. The van der Waals surface area contributed by atoms with Crippen molar-refractivity contribution in [2.24, 2.45) is 5.92 Å². The molecule has 0 spiro atoms. The number of halogens is 1. The molecule has 1 N–H and O–H groups in total. The first kappa shape index (κ1) is 18.4. The molecule has 0 bridgehead atoms. The summed E-state index contributed by atoms with van der Waals surface area (Å²) in [6.45, 7) is 2.61. The predicted octanol–water partition coefficient (Wildman–Crippen LogP) is 4.26. The molecule has 5 heteroatoms. The summed E-state index contributed by atoms with van der Waals surface area (Å²) in [6, 6.07) is 17.5. The molecular weight excluding hydrogens is 346 g/mol. The minimum atomic E-state index is -0.00478. The fourth-order valence-corrected chi connectivity index (χ4v) is 3.43. The highest BCUT2D eigenvalue weighted by Crippen LogP contribution is 2.21. The van der Waals surface area contributed by atoms with E-state index in [1.54, 1.807) is 0 Å². The Labute approximate surface area is 159 Å². The van der Waals surface area contributed by atoms with Crippen LogP contribution in [0.15, 0.2) is 48.5 Å². The highest BCUT2D eigenvalue weighted by atomic mass is 35.5. The van der Waals surface area contributed by atoms with Gasteiger partial charge in [-0.2, -0.15) is 5.26 Å². The second-order valence-corrected chi connectivity index (χ2v) is 7.16. The number of likely N-dealkylation sites (tertiary alicyclic amines) is 1. The number of amides is 1. The number of nitriles is 1. The number of hydrogen-bond donors (Lipinski definition) is 1. The molecule has 0 unspecified atom stereocenters. The number of hydrogen-bond acceptors (Lipinski definition) is 3. The van der Waals surface area contributed by atoms with Crippen LogP contribution in [0.25, 0.3) is 0 Å². The summed E-state index contributed by atoms with van der Waals surface area (Å²) < 4.78 is 0. The third-order valence-electron chi connectivity index (χ3n) is 4.70. The first-order chi connectivity index (χ1) is 12.6. The van der Waals surface area contributed by atoms with Crippen molar-refractivity contribution in [2.45, 2.75) is 25.8 Å². The fourth-order valence-electron chi connectivity index (χ4n) is 3.30. The molecule has 2 aromatic carbocycles. The van der Waals surface area contributed by atoms with E-state index < -0.39 is 0 Å². The van der Waals surface area contributed by atoms with Gasteiger partial charge in [0.15, 0.2) is 0 Å². The number of rotatable bonds is 5. The van der Waals surface area contributed by atoms with Crippen molar-refractivity contribution >= 4 is 23.2 Å². The van der Waals surface area contributed by atoms with Crippen LogP contribution in [-0.4, -0.2) is 23.9 Å². The molecular formula is C21H22ClN3O. The lowest BCUT2D eigenvalue weighted by Crippen LogP contribution is -2.40. The zero-order valence-corrected chi connectivity index (χ0v) is 15.4. The van der Waals surface area contributed by atoms with Gasteiger partial charge in [0.2, 0.25) is 5.91 Å². The number of anilines is 1. The Bertz CT molecular complexity index is 780.